The van der Waals surface area contributed by atoms with Crippen LogP contribution in [0.25, 0.3) is 0 Å². The molecule has 0 bridgehead atoms. The Labute approximate surface area is 50.3 Å². The summed E-state index contributed by atoms with van der Waals surface area (Å²) in [6, 6.07) is 0. The minimum absolute atomic E-state index is 0.230. The first-order valence-corrected chi connectivity index (χ1v) is 2.73. The van der Waals surface area contributed by atoms with Crippen molar-refractivity contribution in [2.24, 2.45) is 0 Å². The lowest BCUT2D eigenvalue weighted by molar-refractivity contribution is 0.198. The van der Waals surface area contributed by atoms with Crippen LogP contribution >= 0.6 is 0 Å². The Bertz CT molecular complexity index is 82.4. The maximum absolute atomic E-state index is 8.69. The Morgan fingerprint density at radius 1 is 1.75 bits per heavy atom. The third-order valence-corrected chi connectivity index (χ3v) is 0.749. The Kier molecular flexibility index (Phi) is 4.27. The summed E-state index contributed by atoms with van der Waals surface area (Å²) in [5.41, 5.74) is 0. The van der Waals surface area contributed by atoms with Gasteiger partial charge in [-0.2, -0.15) is 0 Å². The lowest BCUT2D eigenvalue weighted by atomic mass is 10.3. The van der Waals surface area contributed by atoms with Crippen LogP contribution < -0.4 is 0 Å². The highest BCUT2D eigenvalue weighted by Gasteiger charge is 1.85. The van der Waals surface area contributed by atoms with E-state index in [1.807, 2.05) is 12.2 Å². The summed E-state index contributed by atoms with van der Waals surface area (Å²) >= 11 is 0. The molecule has 0 aliphatic heterocycles. The molecule has 0 unspecified atom stereocenters. The zero-order valence-electron chi connectivity index (χ0n) is 5.17. The molecule has 1 atom stereocenters. The van der Waals surface area contributed by atoms with E-state index in [1.54, 1.807) is 13.0 Å². The van der Waals surface area contributed by atoms with E-state index in [4.69, 9.17) is 5.11 Å². The topological polar surface area (TPSA) is 20.2 Å². The van der Waals surface area contributed by atoms with E-state index in [0.717, 1.165) is 0 Å². The maximum atomic E-state index is 8.69. The molecule has 0 fully saturated rings. The average Bonchev–Trinajstić information content (AvgIpc) is 1.66. The number of aliphatic hydroxyl groups is 1. The fraction of sp³-hybridized carbons (Fsp3) is 0.429. The third-order valence-electron chi connectivity index (χ3n) is 0.749. The van der Waals surface area contributed by atoms with Crippen molar-refractivity contribution in [1.29, 1.82) is 0 Å². The van der Waals surface area contributed by atoms with Gasteiger partial charge < -0.3 is 5.11 Å². The summed E-state index contributed by atoms with van der Waals surface area (Å²) in [5, 5.41) is 8.69. The van der Waals surface area contributed by atoms with Gasteiger partial charge in [0.1, 0.15) is 0 Å². The van der Waals surface area contributed by atoms with Crippen molar-refractivity contribution in [1.82, 2.24) is 0 Å². The number of hydrogen-bond donors (Lipinski definition) is 1. The molecule has 0 heterocycles. The molecule has 1 heteroatoms. The Hall–Kier alpha value is -0.560. The number of hydrogen-bond acceptors (Lipinski definition) is 1. The molecule has 8 heavy (non-hydrogen) atoms. The van der Waals surface area contributed by atoms with Gasteiger partial charge in [-0.05, 0) is 13.3 Å². The first-order valence-electron chi connectivity index (χ1n) is 2.73. The van der Waals surface area contributed by atoms with Crippen molar-refractivity contribution >= 4 is 0 Å². The minimum Gasteiger partial charge on any atom is -0.393 e. The average molecular weight is 112 g/mol. The van der Waals surface area contributed by atoms with Crippen molar-refractivity contribution in [3.8, 4) is 0 Å². The van der Waals surface area contributed by atoms with E-state index in [2.05, 4.69) is 6.58 Å². The van der Waals surface area contributed by atoms with Gasteiger partial charge in [0.25, 0.3) is 0 Å². The van der Waals surface area contributed by atoms with Crippen molar-refractivity contribution < 1.29 is 5.11 Å². The van der Waals surface area contributed by atoms with E-state index in [1.165, 1.54) is 0 Å². The summed E-state index contributed by atoms with van der Waals surface area (Å²) in [6.07, 6.45) is 5.89. The molecule has 1 N–H and O–H groups in total. The monoisotopic (exact) mass is 112 g/mol. The first-order chi connectivity index (χ1) is 3.77. The second-order valence-corrected chi connectivity index (χ2v) is 1.75. The highest BCUT2D eigenvalue weighted by Crippen LogP contribution is 1.89. The predicted molar refractivity (Wildman–Crippen MR) is 35.6 cm³/mol. The third kappa shape index (κ3) is 5.44. The van der Waals surface area contributed by atoms with E-state index in [-0.39, 0.29) is 6.10 Å². The summed E-state index contributed by atoms with van der Waals surface area (Å²) in [6.45, 7) is 5.25. The zero-order chi connectivity index (χ0) is 6.41. The van der Waals surface area contributed by atoms with Crippen molar-refractivity contribution in [3.63, 3.8) is 0 Å². The molecule has 0 radical (unpaired) electrons. The number of allylic oxidation sites excluding steroid dienone is 2. The highest BCUT2D eigenvalue weighted by molar-refractivity contribution is 4.97. The Morgan fingerprint density at radius 2 is 2.38 bits per heavy atom. The van der Waals surface area contributed by atoms with Crippen LogP contribution in [0, 0.1) is 0 Å². The molecule has 0 amide bonds. The van der Waals surface area contributed by atoms with Gasteiger partial charge in [-0.1, -0.05) is 24.8 Å². The highest BCUT2D eigenvalue weighted by atomic mass is 16.3. The van der Waals surface area contributed by atoms with E-state index >= 15 is 0 Å². The van der Waals surface area contributed by atoms with Gasteiger partial charge >= 0.3 is 0 Å². The molecular weight excluding hydrogens is 100 g/mol. The lowest BCUT2D eigenvalue weighted by Crippen LogP contribution is -1.94. The van der Waals surface area contributed by atoms with Crippen LogP contribution in [0.3, 0.4) is 0 Å². The lowest BCUT2D eigenvalue weighted by Gasteiger charge is -1.93. The van der Waals surface area contributed by atoms with Gasteiger partial charge in [0.05, 0.1) is 6.10 Å². The van der Waals surface area contributed by atoms with Crippen LogP contribution in [0.4, 0.5) is 0 Å². The second kappa shape index (κ2) is 4.60. The van der Waals surface area contributed by atoms with Crippen LogP contribution in [-0.2, 0) is 0 Å². The summed E-state index contributed by atoms with van der Waals surface area (Å²) < 4.78 is 0. The van der Waals surface area contributed by atoms with Crippen LogP contribution in [0.2, 0.25) is 0 Å². The van der Waals surface area contributed by atoms with Gasteiger partial charge in [-0.25, -0.2) is 0 Å². The first kappa shape index (κ1) is 7.44. The normalized spacial score (nSPS) is 14.2. The van der Waals surface area contributed by atoms with Crippen molar-refractivity contribution in [2.75, 3.05) is 0 Å². The van der Waals surface area contributed by atoms with Crippen LogP contribution in [0.5, 0.6) is 0 Å². The number of rotatable bonds is 3. The molecule has 0 saturated heterocycles. The quantitative estimate of drug-likeness (QED) is 0.548. The molecule has 0 saturated carbocycles. The molecule has 0 aromatic carbocycles. The smallest absolute Gasteiger partial charge is 0.0546 e. The molecule has 0 aliphatic carbocycles. The van der Waals surface area contributed by atoms with E-state index in [9.17, 15) is 0 Å². The summed E-state index contributed by atoms with van der Waals surface area (Å²) in [4.78, 5) is 0. The van der Waals surface area contributed by atoms with Gasteiger partial charge in [0, 0.05) is 0 Å². The minimum atomic E-state index is -0.230. The molecule has 1 nitrogen and oxygen atoms in total. The molecule has 46 valence electrons. The fourth-order valence-corrected chi connectivity index (χ4v) is 0.372. The van der Waals surface area contributed by atoms with Crippen LogP contribution in [-0.4, -0.2) is 11.2 Å². The molecule has 0 aliphatic rings. The molecule has 0 aromatic rings. The fourth-order valence-electron chi connectivity index (χ4n) is 0.372. The second-order valence-electron chi connectivity index (χ2n) is 1.75. The van der Waals surface area contributed by atoms with Crippen LogP contribution in [0.15, 0.2) is 24.8 Å². The largest absolute Gasteiger partial charge is 0.393 e. The summed E-state index contributed by atoms with van der Waals surface area (Å²) in [5.74, 6) is 0. The van der Waals surface area contributed by atoms with Gasteiger partial charge in [0.15, 0.2) is 0 Å². The van der Waals surface area contributed by atoms with Crippen molar-refractivity contribution in [3.05, 3.63) is 24.8 Å². The molecule has 0 spiro atoms. The Morgan fingerprint density at radius 3 is 2.75 bits per heavy atom. The molecule has 0 aromatic heterocycles. The molecule has 0 rings (SSSR count). The zero-order valence-corrected chi connectivity index (χ0v) is 5.17. The maximum Gasteiger partial charge on any atom is 0.0546 e. The predicted octanol–water partition coefficient (Wildman–Crippen LogP) is 1.50. The van der Waals surface area contributed by atoms with Gasteiger partial charge in [-0.15, -0.1) is 0 Å². The molecular formula is C7H12O. The van der Waals surface area contributed by atoms with Gasteiger partial charge in [-0.3, -0.25) is 0 Å². The van der Waals surface area contributed by atoms with E-state index < -0.39 is 0 Å². The number of aliphatic hydroxyl groups excluding tert-OH is 1. The summed E-state index contributed by atoms with van der Waals surface area (Å²) in [7, 11) is 0. The van der Waals surface area contributed by atoms with Crippen molar-refractivity contribution in [2.45, 2.75) is 19.4 Å². The SMILES string of the molecule is C=C/C=C/C[C@@H](C)O. The van der Waals surface area contributed by atoms with Crippen LogP contribution in [0.1, 0.15) is 13.3 Å². The van der Waals surface area contributed by atoms with E-state index in [0.29, 0.717) is 6.42 Å². The standard InChI is InChI=1S/C7H12O/c1-3-4-5-6-7(2)8/h3-5,7-8H,1,6H2,2H3/b5-4+/t7-/m1/s1. The Balaban J connectivity index is 3.15. The van der Waals surface area contributed by atoms with Gasteiger partial charge in [0.2, 0.25) is 0 Å².